The molecular weight excluding hydrogens is 326 g/mol. The molecule has 0 aliphatic heterocycles. The minimum Gasteiger partial charge on any atom is -0.494 e. The second kappa shape index (κ2) is 8.00. The lowest BCUT2D eigenvalue weighted by Gasteiger charge is -2.13. The number of methoxy groups -OCH3 is 1. The number of benzene rings is 2. The summed E-state index contributed by atoms with van der Waals surface area (Å²) in [5, 5.41) is 15.9. The molecule has 2 aromatic carbocycles. The van der Waals surface area contributed by atoms with Crippen LogP contribution in [0.1, 0.15) is 11.1 Å². The fourth-order valence-electron chi connectivity index (χ4n) is 2.12. The van der Waals surface area contributed by atoms with Crippen molar-refractivity contribution in [3.8, 4) is 11.5 Å². The molecule has 0 unspecified atom stereocenters. The topological polar surface area (TPSA) is 103 Å². The summed E-state index contributed by atoms with van der Waals surface area (Å²) < 4.78 is 10.6. The van der Waals surface area contributed by atoms with Crippen LogP contribution in [-0.2, 0) is 0 Å². The predicted octanol–water partition coefficient (Wildman–Crippen LogP) is 3.38. The van der Waals surface area contributed by atoms with Crippen molar-refractivity contribution in [2.75, 3.05) is 19.2 Å². The van der Waals surface area contributed by atoms with Crippen molar-refractivity contribution in [1.29, 1.82) is 0 Å². The van der Waals surface area contributed by atoms with E-state index in [0.717, 1.165) is 11.1 Å². The number of amides is 2. The van der Waals surface area contributed by atoms with Crippen molar-refractivity contribution in [2.24, 2.45) is 0 Å². The number of hydrogen-bond acceptors (Lipinski definition) is 5. The Morgan fingerprint density at radius 1 is 1.20 bits per heavy atom. The van der Waals surface area contributed by atoms with Crippen LogP contribution >= 0.6 is 0 Å². The summed E-state index contributed by atoms with van der Waals surface area (Å²) in [4.78, 5) is 22.2. The van der Waals surface area contributed by atoms with Gasteiger partial charge in [0.25, 0.3) is 5.69 Å². The smallest absolute Gasteiger partial charge is 0.321 e. The van der Waals surface area contributed by atoms with E-state index >= 15 is 0 Å². The van der Waals surface area contributed by atoms with Crippen molar-refractivity contribution in [2.45, 2.75) is 13.8 Å². The largest absolute Gasteiger partial charge is 0.494 e. The minimum absolute atomic E-state index is 0.0224. The SMILES string of the molecule is COc1cc([N+](=O)[O-])ccc1NC(=O)NCOc1cccc(C)c1C. The number of ether oxygens (including phenoxy) is 2. The first-order chi connectivity index (χ1) is 11.9. The quantitative estimate of drug-likeness (QED) is 0.475. The summed E-state index contributed by atoms with van der Waals surface area (Å²) in [6.07, 6.45) is 0. The Morgan fingerprint density at radius 2 is 1.96 bits per heavy atom. The van der Waals surface area contributed by atoms with E-state index in [0.29, 0.717) is 11.4 Å². The number of urea groups is 1. The molecule has 0 aliphatic carbocycles. The Kier molecular flexibility index (Phi) is 5.78. The highest BCUT2D eigenvalue weighted by Gasteiger charge is 2.13. The van der Waals surface area contributed by atoms with Gasteiger partial charge in [-0.05, 0) is 37.1 Å². The van der Waals surface area contributed by atoms with E-state index in [4.69, 9.17) is 9.47 Å². The first-order valence-corrected chi connectivity index (χ1v) is 7.48. The molecule has 0 atom stereocenters. The Labute approximate surface area is 144 Å². The van der Waals surface area contributed by atoms with Crippen molar-refractivity contribution >= 4 is 17.4 Å². The summed E-state index contributed by atoms with van der Waals surface area (Å²) >= 11 is 0. The Balaban J connectivity index is 1.94. The van der Waals surface area contributed by atoms with Crippen molar-refractivity contribution in [3.63, 3.8) is 0 Å². The van der Waals surface area contributed by atoms with Gasteiger partial charge in [0, 0.05) is 6.07 Å². The fourth-order valence-corrected chi connectivity index (χ4v) is 2.12. The van der Waals surface area contributed by atoms with Gasteiger partial charge in [0.2, 0.25) is 0 Å². The van der Waals surface area contributed by atoms with Gasteiger partial charge in [-0.1, -0.05) is 12.1 Å². The Morgan fingerprint density at radius 3 is 2.64 bits per heavy atom. The number of aryl methyl sites for hydroxylation is 1. The van der Waals surface area contributed by atoms with E-state index in [9.17, 15) is 14.9 Å². The van der Waals surface area contributed by atoms with E-state index in [1.165, 1.54) is 25.3 Å². The van der Waals surface area contributed by atoms with Gasteiger partial charge >= 0.3 is 6.03 Å². The number of rotatable bonds is 6. The van der Waals surface area contributed by atoms with Crippen LogP contribution in [-0.4, -0.2) is 24.8 Å². The molecule has 132 valence electrons. The van der Waals surface area contributed by atoms with E-state index in [1.807, 2.05) is 32.0 Å². The monoisotopic (exact) mass is 345 g/mol. The summed E-state index contributed by atoms with van der Waals surface area (Å²) in [5.41, 5.74) is 2.29. The van der Waals surface area contributed by atoms with E-state index in [2.05, 4.69) is 10.6 Å². The average Bonchev–Trinajstić information content (AvgIpc) is 2.58. The molecule has 2 rings (SSSR count). The van der Waals surface area contributed by atoms with Gasteiger partial charge in [-0.2, -0.15) is 0 Å². The molecule has 2 N–H and O–H groups in total. The molecule has 0 heterocycles. The minimum atomic E-state index is -0.537. The molecule has 0 aromatic heterocycles. The zero-order valence-electron chi connectivity index (χ0n) is 14.2. The number of non-ortho nitro benzene ring substituents is 1. The number of nitro groups is 1. The molecule has 0 saturated carbocycles. The molecule has 8 heteroatoms. The maximum atomic E-state index is 11.9. The number of carbonyl (C=O) groups excluding carboxylic acids is 1. The standard InChI is InChI=1S/C17H19N3O5/c1-11-5-4-6-15(12(11)2)25-10-18-17(21)19-14-8-7-13(20(22)23)9-16(14)24-3/h4-9H,10H2,1-3H3,(H2,18,19,21). The molecule has 0 spiro atoms. The molecule has 0 aliphatic rings. The van der Waals surface area contributed by atoms with Crippen LogP contribution in [0.5, 0.6) is 11.5 Å². The van der Waals surface area contributed by atoms with E-state index < -0.39 is 11.0 Å². The lowest BCUT2D eigenvalue weighted by atomic mass is 10.1. The van der Waals surface area contributed by atoms with Crippen molar-refractivity contribution < 1.29 is 19.2 Å². The van der Waals surface area contributed by atoms with Crippen LogP contribution in [0, 0.1) is 24.0 Å². The highest BCUT2D eigenvalue weighted by atomic mass is 16.6. The predicted molar refractivity (Wildman–Crippen MR) is 93.2 cm³/mol. The van der Waals surface area contributed by atoms with Gasteiger partial charge in [0.05, 0.1) is 23.8 Å². The van der Waals surface area contributed by atoms with Crippen LogP contribution in [0.15, 0.2) is 36.4 Å². The second-order valence-electron chi connectivity index (χ2n) is 5.26. The summed E-state index contributed by atoms with van der Waals surface area (Å²) in [7, 11) is 1.37. The Bertz CT molecular complexity index is 792. The number of hydrogen-bond donors (Lipinski definition) is 2. The van der Waals surface area contributed by atoms with Gasteiger partial charge in [-0.3, -0.25) is 10.1 Å². The summed E-state index contributed by atoms with van der Waals surface area (Å²) in [6, 6.07) is 9.08. The second-order valence-corrected chi connectivity index (χ2v) is 5.26. The number of carbonyl (C=O) groups is 1. The Hall–Kier alpha value is -3.29. The van der Waals surface area contributed by atoms with Crippen LogP contribution < -0.4 is 20.1 Å². The van der Waals surface area contributed by atoms with Crippen LogP contribution in [0.4, 0.5) is 16.2 Å². The van der Waals surface area contributed by atoms with Crippen LogP contribution in [0.2, 0.25) is 0 Å². The molecule has 8 nitrogen and oxygen atoms in total. The van der Waals surface area contributed by atoms with Crippen molar-refractivity contribution in [1.82, 2.24) is 5.32 Å². The maximum absolute atomic E-state index is 11.9. The van der Waals surface area contributed by atoms with Gasteiger partial charge in [-0.25, -0.2) is 4.79 Å². The zero-order chi connectivity index (χ0) is 18.4. The number of nitro benzene ring substituents is 1. The third kappa shape index (κ3) is 4.60. The summed E-state index contributed by atoms with van der Waals surface area (Å²) in [5.74, 6) is 0.882. The lowest BCUT2D eigenvalue weighted by Crippen LogP contribution is -2.32. The molecule has 2 amide bonds. The number of nitrogens with one attached hydrogen (secondary N) is 2. The highest BCUT2D eigenvalue weighted by Crippen LogP contribution is 2.28. The third-order valence-electron chi connectivity index (χ3n) is 3.66. The normalized spacial score (nSPS) is 10.0. The van der Waals surface area contributed by atoms with Gasteiger partial charge in [0.1, 0.15) is 11.5 Å². The summed E-state index contributed by atoms with van der Waals surface area (Å²) in [6.45, 7) is 3.89. The van der Waals surface area contributed by atoms with Crippen LogP contribution in [0.3, 0.4) is 0 Å². The first kappa shape index (κ1) is 18.1. The highest BCUT2D eigenvalue weighted by molar-refractivity contribution is 5.91. The average molecular weight is 345 g/mol. The van der Waals surface area contributed by atoms with Gasteiger partial charge in [0.15, 0.2) is 6.73 Å². The molecule has 0 saturated heterocycles. The molecule has 0 fully saturated rings. The first-order valence-electron chi connectivity index (χ1n) is 7.48. The molecule has 25 heavy (non-hydrogen) atoms. The fraction of sp³-hybridized carbons (Fsp3) is 0.235. The number of nitrogens with zero attached hydrogens (tertiary/aromatic N) is 1. The third-order valence-corrected chi connectivity index (χ3v) is 3.66. The number of anilines is 1. The molecule has 0 bridgehead atoms. The maximum Gasteiger partial charge on any atom is 0.321 e. The van der Waals surface area contributed by atoms with Gasteiger partial charge in [-0.15, -0.1) is 0 Å². The van der Waals surface area contributed by atoms with E-state index in [1.54, 1.807) is 0 Å². The zero-order valence-corrected chi connectivity index (χ0v) is 14.2. The molecule has 2 aromatic rings. The molecular formula is C17H19N3O5. The van der Waals surface area contributed by atoms with Gasteiger partial charge < -0.3 is 20.1 Å². The van der Waals surface area contributed by atoms with Crippen molar-refractivity contribution in [3.05, 3.63) is 57.6 Å². The van der Waals surface area contributed by atoms with E-state index in [-0.39, 0.29) is 18.2 Å². The van der Waals surface area contributed by atoms with Crippen LogP contribution in [0.25, 0.3) is 0 Å². The molecule has 0 radical (unpaired) electrons. The lowest BCUT2D eigenvalue weighted by molar-refractivity contribution is -0.384.